The zero-order valence-electron chi connectivity index (χ0n) is 16.0. The Balaban J connectivity index is 1.75. The molecule has 0 bridgehead atoms. The van der Waals surface area contributed by atoms with E-state index in [9.17, 15) is 14.4 Å². The Kier molecular flexibility index (Phi) is 4.60. The minimum Gasteiger partial charge on any atom is -0.317 e. The Bertz CT molecular complexity index is 1160. The van der Waals surface area contributed by atoms with E-state index in [0.717, 1.165) is 21.7 Å². The molecule has 2 aromatic carbocycles. The van der Waals surface area contributed by atoms with Gasteiger partial charge in [-0.3, -0.25) is 14.9 Å². The van der Waals surface area contributed by atoms with E-state index in [1.807, 2.05) is 67.1 Å². The number of hydrogen-bond acceptors (Lipinski definition) is 3. The Morgan fingerprint density at radius 1 is 0.828 bits per heavy atom. The zero-order valence-corrected chi connectivity index (χ0v) is 16.0. The van der Waals surface area contributed by atoms with Crippen LogP contribution in [-0.2, 0) is 9.59 Å². The van der Waals surface area contributed by atoms with Gasteiger partial charge in [0.15, 0.2) is 0 Å². The molecule has 29 heavy (non-hydrogen) atoms. The summed E-state index contributed by atoms with van der Waals surface area (Å²) >= 11 is 0. The summed E-state index contributed by atoms with van der Waals surface area (Å²) in [4.78, 5) is 38.9. The second-order valence-electron chi connectivity index (χ2n) is 6.87. The summed E-state index contributed by atoms with van der Waals surface area (Å²) < 4.78 is 1.87. The van der Waals surface area contributed by atoms with Crippen molar-refractivity contribution in [2.45, 2.75) is 13.8 Å². The van der Waals surface area contributed by atoms with Crippen molar-refractivity contribution in [3.05, 3.63) is 89.3 Å². The van der Waals surface area contributed by atoms with Crippen LogP contribution in [0.1, 0.15) is 16.8 Å². The van der Waals surface area contributed by atoms with Crippen LogP contribution >= 0.6 is 0 Å². The third-order valence-electron chi connectivity index (χ3n) is 4.96. The van der Waals surface area contributed by atoms with Crippen molar-refractivity contribution in [2.24, 2.45) is 0 Å². The van der Waals surface area contributed by atoms with Crippen LogP contribution in [0.5, 0.6) is 0 Å². The summed E-state index contributed by atoms with van der Waals surface area (Å²) in [5.41, 5.74) is 3.87. The lowest BCUT2D eigenvalue weighted by atomic mass is 10.1. The number of amides is 4. The average Bonchev–Trinajstić information content (AvgIpc) is 3.17. The number of barbiturate groups is 1. The van der Waals surface area contributed by atoms with Crippen LogP contribution in [0.4, 0.5) is 10.5 Å². The summed E-state index contributed by atoms with van der Waals surface area (Å²) in [5.74, 6) is -1.36. The third-order valence-corrected chi connectivity index (χ3v) is 4.96. The summed E-state index contributed by atoms with van der Waals surface area (Å²) in [5, 5.41) is 2.26. The van der Waals surface area contributed by atoms with E-state index in [0.29, 0.717) is 11.4 Å². The van der Waals surface area contributed by atoms with Crippen LogP contribution in [0.2, 0.25) is 0 Å². The molecule has 1 aliphatic rings. The third kappa shape index (κ3) is 3.36. The van der Waals surface area contributed by atoms with Crippen LogP contribution in [-0.4, -0.2) is 22.4 Å². The van der Waals surface area contributed by atoms with Crippen LogP contribution in [0.3, 0.4) is 0 Å². The smallest absolute Gasteiger partial charge is 0.317 e. The Hall–Kier alpha value is -3.93. The van der Waals surface area contributed by atoms with Gasteiger partial charge in [0, 0.05) is 17.6 Å². The lowest BCUT2D eigenvalue weighted by Gasteiger charge is -2.27. The molecular weight excluding hydrogens is 366 g/mol. The highest BCUT2D eigenvalue weighted by Gasteiger charge is 2.37. The molecule has 3 aromatic rings. The van der Waals surface area contributed by atoms with Gasteiger partial charge >= 0.3 is 6.03 Å². The second-order valence-corrected chi connectivity index (χ2v) is 6.87. The standard InChI is InChI=1S/C23H19N3O3/c1-15-10-11-19(13-16(15)2)26-22(28)20(21(27)24-23(26)29)14-18-9-6-12-25(18)17-7-4-3-5-8-17/h3-14H,1-2H3,(H,24,27,29)/b20-14-. The molecule has 1 fully saturated rings. The van der Waals surface area contributed by atoms with Gasteiger partial charge in [0.1, 0.15) is 5.57 Å². The quantitative estimate of drug-likeness (QED) is 0.551. The number of hydrogen-bond donors (Lipinski definition) is 1. The molecule has 0 saturated carbocycles. The van der Waals surface area contributed by atoms with Gasteiger partial charge < -0.3 is 4.57 Å². The SMILES string of the molecule is Cc1ccc(N2C(=O)NC(=O)/C(=C/c3cccn3-c3ccccc3)C2=O)cc1C. The average molecular weight is 385 g/mol. The minimum atomic E-state index is -0.751. The van der Waals surface area contributed by atoms with E-state index in [1.54, 1.807) is 18.2 Å². The molecule has 6 nitrogen and oxygen atoms in total. The van der Waals surface area contributed by atoms with E-state index in [4.69, 9.17) is 0 Å². The van der Waals surface area contributed by atoms with Crippen molar-refractivity contribution in [3.8, 4) is 5.69 Å². The van der Waals surface area contributed by atoms with Gasteiger partial charge in [-0.1, -0.05) is 24.3 Å². The van der Waals surface area contributed by atoms with Crippen molar-refractivity contribution < 1.29 is 14.4 Å². The molecule has 4 rings (SSSR count). The van der Waals surface area contributed by atoms with Gasteiger partial charge in [-0.2, -0.15) is 0 Å². The second kappa shape index (κ2) is 7.24. The van der Waals surface area contributed by atoms with E-state index in [1.165, 1.54) is 6.08 Å². The molecule has 6 heteroatoms. The van der Waals surface area contributed by atoms with Crippen LogP contribution in [0, 0.1) is 13.8 Å². The van der Waals surface area contributed by atoms with Crippen molar-refractivity contribution in [1.82, 2.24) is 9.88 Å². The predicted molar refractivity (Wildman–Crippen MR) is 111 cm³/mol. The first kappa shape index (κ1) is 18.4. The normalized spacial score (nSPS) is 15.7. The molecule has 0 spiro atoms. The molecule has 2 heterocycles. The molecule has 1 aliphatic heterocycles. The van der Waals surface area contributed by atoms with E-state index in [-0.39, 0.29) is 5.57 Å². The van der Waals surface area contributed by atoms with E-state index in [2.05, 4.69) is 5.32 Å². The fourth-order valence-electron chi connectivity index (χ4n) is 3.24. The zero-order chi connectivity index (χ0) is 20.5. The first-order valence-corrected chi connectivity index (χ1v) is 9.17. The van der Waals surface area contributed by atoms with Crippen molar-refractivity contribution in [1.29, 1.82) is 0 Å². The number of urea groups is 1. The number of nitrogens with one attached hydrogen (secondary N) is 1. The van der Waals surface area contributed by atoms with E-state index >= 15 is 0 Å². The number of carbonyl (C=O) groups excluding carboxylic acids is 3. The highest BCUT2D eigenvalue weighted by atomic mass is 16.2. The fourth-order valence-corrected chi connectivity index (χ4v) is 3.24. The monoisotopic (exact) mass is 385 g/mol. The molecule has 0 unspecified atom stereocenters. The number of nitrogens with zero attached hydrogens (tertiary/aromatic N) is 2. The summed E-state index contributed by atoms with van der Waals surface area (Å²) in [7, 11) is 0. The number of imide groups is 2. The molecule has 1 aromatic heterocycles. The first-order chi connectivity index (χ1) is 14.0. The van der Waals surface area contributed by atoms with Crippen molar-refractivity contribution >= 4 is 29.6 Å². The molecular formula is C23H19N3O3. The van der Waals surface area contributed by atoms with Crippen molar-refractivity contribution in [2.75, 3.05) is 4.90 Å². The molecule has 0 radical (unpaired) electrons. The number of aryl methyl sites for hydroxylation is 2. The summed E-state index contributed by atoms with van der Waals surface area (Å²) in [6.07, 6.45) is 3.35. The molecule has 0 atom stereocenters. The van der Waals surface area contributed by atoms with Gasteiger partial charge in [0.05, 0.1) is 5.69 Å². The Morgan fingerprint density at radius 3 is 2.31 bits per heavy atom. The number of anilines is 1. The molecule has 0 aliphatic carbocycles. The number of para-hydroxylation sites is 1. The molecule has 1 saturated heterocycles. The van der Waals surface area contributed by atoms with Gasteiger partial charge in [-0.25, -0.2) is 9.69 Å². The number of aromatic nitrogens is 1. The highest BCUT2D eigenvalue weighted by Crippen LogP contribution is 2.24. The Labute approximate surface area is 168 Å². The van der Waals surface area contributed by atoms with E-state index < -0.39 is 17.8 Å². The topological polar surface area (TPSA) is 71.4 Å². The van der Waals surface area contributed by atoms with Crippen LogP contribution in [0.15, 0.2) is 72.4 Å². The van der Waals surface area contributed by atoms with Gasteiger partial charge in [-0.15, -0.1) is 0 Å². The number of carbonyl (C=O) groups is 3. The molecule has 4 amide bonds. The van der Waals surface area contributed by atoms with Gasteiger partial charge in [0.2, 0.25) is 0 Å². The summed E-state index contributed by atoms with van der Waals surface area (Å²) in [6.45, 7) is 3.85. The maximum absolute atomic E-state index is 13.1. The predicted octanol–water partition coefficient (Wildman–Crippen LogP) is 3.76. The Morgan fingerprint density at radius 2 is 1.59 bits per heavy atom. The largest absolute Gasteiger partial charge is 0.335 e. The summed E-state index contributed by atoms with van der Waals surface area (Å²) in [6, 6.07) is 17.8. The fraction of sp³-hybridized carbons (Fsp3) is 0.0870. The number of benzene rings is 2. The highest BCUT2D eigenvalue weighted by molar-refractivity contribution is 6.39. The lowest BCUT2D eigenvalue weighted by molar-refractivity contribution is -0.122. The number of rotatable bonds is 3. The first-order valence-electron chi connectivity index (χ1n) is 9.17. The maximum atomic E-state index is 13.1. The van der Waals surface area contributed by atoms with Crippen molar-refractivity contribution in [3.63, 3.8) is 0 Å². The van der Waals surface area contributed by atoms with Crippen LogP contribution < -0.4 is 10.2 Å². The van der Waals surface area contributed by atoms with Crippen LogP contribution in [0.25, 0.3) is 11.8 Å². The lowest BCUT2D eigenvalue weighted by Crippen LogP contribution is -2.54. The van der Waals surface area contributed by atoms with Gasteiger partial charge in [0.25, 0.3) is 11.8 Å². The molecule has 144 valence electrons. The minimum absolute atomic E-state index is 0.0984. The maximum Gasteiger partial charge on any atom is 0.335 e. The molecule has 1 N–H and O–H groups in total. The van der Waals surface area contributed by atoms with Gasteiger partial charge in [-0.05, 0) is 67.4 Å².